The highest BCUT2D eigenvalue weighted by Gasteiger charge is 2.44. The van der Waals surface area contributed by atoms with Gasteiger partial charge in [0.1, 0.15) is 27.8 Å². The maximum absolute atomic E-state index is 13.3. The molecule has 1 saturated heterocycles. The molecule has 1 amide bonds. The lowest BCUT2D eigenvalue weighted by molar-refractivity contribution is -0.115. The van der Waals surface area contributed by atoms with Crippen LogP contribution in [0.5, 0.6) is 11.5 Å². The number of carbonyl (C=O) groups is 1. The molecule has 1 spiro atoms. The molecular weight excluding hydrogens is 430 g/mol. The number of rotatable bonds is 5. The Morgan fingerprint density at radius 3 is 2.34 bits per heavy atom. The Balaban J connectivity index is 1.57. The number of amides is 1. The highest BCUT2D eigenvalue weighted by molar-refractivity contribution is 7.89. The van der Waals surface area contributed by atoms with Gasteiger partial charge in [-0.2, -0.15) is 4.31 Å². The number of sulfonamides is 1. The van der Waals surface area contributed by atoms with E-state index in [9.17, 15) is 13.2 Å². The zero-order valence-corrected chi connectivity index (χ0v) is 19.5. The number of ether oxygens (including phenoxy) is 2. The smallest absolute Gasteiger partial charge is 0.272 e. The molecule has 0 radical (unpaired) electrons. The van der Waals surface area contributed by atoms with E-state index < -0.39 is 15.7 Å². The van der Waals surface area contributed by atoms with Crippen molar-refractivity contribution < 1.29 is 22.7 Å². The molecule has 1 N–H and O–H groups in total. The fourth-order valence-corrected chi connectivity index (χ4v) is 5.72. The molecule has 9 heteroatoms. The Bertz CT molecular complexity index is 1200. The standard InChI is InChI=1S/C23H27N3O5S/c1-15-5-6-17(13-16(15)2)21-22(27)25-23(24-21)9-11-26(12-10-23)32(28,29)20-14-18(30-3)7-8-19(20)31-4/h5-8,13-14H,9-12H2,1-4H3,(H,25,27). The largest absolute Gasteiger partial charge is 0.497 e. The van der Waals surface area contributed by atoms with Crippen molar-refractivity contribution in [2.45, 2.75) is 37.2 Å². The van der Waals surface area contributed by atoms with Crippen LogP contribution in [0.2, 0.25) is 0 Å². The first-order valence-electron chi connectivity index (χ1n) is 10.4. The summed E-state index contributed by atoms with van der Waals surface area (Å²) in [5.41, 5.74) is 2.63. The van der Waals surface area contributed by atoms with Crippen LogP contribution < -0.4 is 14.8 Å². The summed E-state index contributed by atoms with van der Waals surface area (Å²) in [6.45, 7) is 4.47. The molecule has 0 bridgehead atoms. The van der Waals surface area contributed by atoms with Gasteiger partial charge in [-0.25, -0.2) is 8.42 Å². The molecule has 0 unspecified atom stereocenters. The van der Waals surface area contributed by atoms with Crippen LogP contribution >= 0.6 is 0 Å². The van der Waals surface area contributed by atoms with Crippen molar-refractivity contribution >= 4 is 21.6 Å². The Hall–Kier alpha value is -2.91. The van der Waals surface area contributed by atoms with Gasteiger partial charge in [-0.3, -0.25) is 9.79 Å². The Morgan fingerprint density at radius 1 is 1.00 bits per heavy atom. The lowest BCUT2D eigenvalue weighted by atomic mass is 10.00. The van der Waals surface area contributed by atoms with Gasteiger partial charge in [-0.15, -0.1) is 0 Å². The highest BCUT2D eigenvalue weighted by Crippen LogP contribution is 2.35. The van der Waals surface area contributed by atoms with Crippen molar-refractivity contribution in [2.75, 3.05) is 27.3 Å². The summed E-state index contributed by atoms with van der Waals surface area (Å²) < 4.78 is 38.5. The number of piperidine rings is 1. The quantitative estimate of drug-likeness (QED) is 0.744. The summed E-state index contributed by atoms with van der Waals surface area (Å²) in [7, 11) is -0.889. The molecule has 8 nitrogen and oxygen atoms in total. The van der Waals surface area contributed by atoms with Gasteiger partial charge in [-0.1, -0.05) is 12.1 Å². The van der Waals surface area contributed by atoms with E-state index in [0.717, 1.165) is 16.7 Å². The molecule has 4 rings (SSSR count). The van der Waals surface area contributed by atoms with Gasteiger partial charge < -0.3 is 14.8 Å². The number of aryl methyl sites for hydroxylation is 2. The first-order valence-corrected chi connectivity index (χ1v) is 11.9. The van der Waals surface area contributed by atoms with Crippen LogP contribution in [0.15, 0.2) is 46.3 Å². The van der Waals surface area contributed by atoms with Crippen molar-refractivity contribution in [3.05, 3.63) is 53.1 Å². The highest BCUT2D eigenvalue weighted by atomic mass is 32.2. The minimum Gasteiger partial charge on any atom is -0.497 e. The molecule has 0 atom stereocenters. The monoisotopic (exact) mass is 457 g/mol. The van der Waals surface area contributed by atoms with Crippen LogP contribution in [-0.2, 0) is 14.8 Å². The van der Waals surface area contributed by atoms with Crippen LogP contribution in [-0.4, -0.2) is 57.3 Å². The van der Waals surface area contributed by atoms with Crippen LogP contribution in [0.1, 0.15) is 29.5 Å². The molecule has 0 saturated carbocycles. The fraction of sp³-hybridized carbons (Fsp3) is 0.391. The zero-order chi connectivity index (χ0) is 23.1. The molecule has 0 aliphatic carbocycles. The van der Waals surface area contributed by atoms with Crippen molar-refractivity contribution in [3.63, 3.8) is 0 Å². The number of benzene rings is 2. The summed E-state index contributed by atoms with van der Waals surface area (Å²) in [6, 6.07) is 10.5. The third kappa shape index (κ3) is 3.86. The number of aliphatic imine (C=N–C) groups is 1. The van der Waals surface area contributed by atoms with Gasteiger partial charge in [0.25, 0.3) is 5.91 Å². The molecule has 2 aliphatic heterocycles. The van der Waals surface area contributed by atoms with Crippen LogP contribution in [0, 0.1) is 13.8 Å². The van der Waals surface area contributed by atoms with Crippen molar-refractivity contribution in [1.29, 1.82) is 0 Å². The number of carbonyl (C=O) groups excluding carboxylic acids is 1. The number of hydrogen-bond donors (Lipinski definition) is 1. The Labute approximate surface area is 188 Å². The average molecular weight is 458 g/mol. The second-order valence-corrected chi connectivity index (χ2v) is 10.1. The third-order valence-electron chi connectivity index (χ3n) is 6.21. The minimum atomic E-state index is -3.81. The van der Waals surface area contributed by atoms with Crippen molar-refractivity contribution in [1.82, 2.24) is 9.62 Å². The molecule has 2 aromatic carbocycles. The van der Waals surface area contributed by atoms with Gasteiger partial charge in [0.05, 0.1) is 14.2 Å². The molecular formula is C23H27N3O5S. The molecule has 2 aromatic rings. The number of hydrogen-bond acceptors (Lipinski definition) is 6. The van der Waals surface area contributed by atoms with E-state index in [-0.39, 0.29) is 29.6 Å². The van der Waals surface area contributed by atoms with Gasteiger partial charge in [0.15, 0.2) is 0 Å². The van der Waals surface area contributed by atoms with Crippen molar-refractivity contribution in [3.8, 4) is 11.5 Å². The lowest BCUT2D eigenvalue weighted by Gasteiger charge is -2.36. The topological polar surface area (TPSA) is 97.3 Å². The second-order valence-electron chi connectivity index (χ2n) is 8.17. The average Bonchev–Trinajstić information content (AvgIpc) is 3.10. The molecule has 2 aliphatic rings. The van der Waals surface area contributed by atoms with E-state index in [0.29, 0.717) is 24.3 Å². The first-order chi connectivity index (χ1) is 15.2. The first kappa shape index (κ1) is 22.3. The minimum absolute atomic E-state index is 0.0603. The Morgan fingerprint density at radius 2 is 1.72 bits per heavy atom. The number of nitrogens with one attached hydrogen (secondary N) is 1. The third-order valence-corrected chi connectivity index (χ3v) is 8.13. The SMILES string of the molecule is COc1ccc(OC)c(S(=O)(=O)N2CCC3(CC2)N=C(c2ccc(C)c(C)c2)C(=O)N3)c1. The van der Waals surface area contributed by atoms with Gasteiger partial charge in [0.2, 0.25) is 10.0 Å². The predicted octanol–water partition coefficient (Wildman–Crippen LogP) is 2.42. The summed E-state index contributed by atoms with van der Waals surface area (Å²) in [5.74, 6) is 0.470. The summed E-state index contributed by atoms with van der Waals surface area (Å²) in [6.07, 6.45) is 0.775. The summed E-state index contributed by atoms with van der Waals surface area (Å²) in [5, 5.41) is 3.00. The van der Waals surface area contributed by atoms with E-state index in [1.807, 2.05) is 32.0 Å². The number of methoxy groups -OCH3 is 2. The molecule has 2 heterocycles. The normalized spacial score (nSPS) is 18.4. The molecule has 1 fully saturated rings. The van der Waals surface area contributed by atoms with Crippen LogP contribution in [0.4, 0.5) is 0 Å². The number of nitrogens with zero attached hydrogens (tertiary/aromatic N) is 2. The molecule has 170 valence electrons. The van der Waals surface area contributed by atoms with Crippen LogP contribution in [0.25, 0.3) is 0 Å². The van der Waals surface area contributed by atoms with E-state index >= 15 is 0 Å². The lowest BCUT2D eigenvalue weighted by Crippen LogP contribution is -2.52. The summed E-state index contributed by atoms with van der Waals surface area (Å²) in [4.78, 5) is 17.5. The van der Waals surface area contributed by atoms with E-state index in [1.165, 1.54) is 24.6 Å². The van der Waals surface area contributed by atoms with E-state index in [1.54, 1.807) is 12.1 Å². The van der Waals surface area contributed by atoms with Gasteiger partial charge in [-0.05, 0) is 43.2 Å². The maximum atomic E-state index is 13.3. The van der Waals surface area contributed by atoms with Crippen LogP contribution in [0.3, 0.4) is 0 Å². The van der Waals surface area contributed by atoms with Gasteiger partial charge in [0, 0.05) is 37.6 Å². The fourth-order valence-electron chi connectivity index (χ4n) is 4.11. The molecule has 0 aromatic heterocycles. The second kappa shape index (κ2) is 8.22. The zero-order valence-electron chi connectivity index (χ0n) is 18.6. The maximum Gasteiger partial charge on any atom is 0.272 e. The Kier molecular flexibility index (Phi) is 5.72. The van der Waals surface area contributed by atoms with E-state index in [4.69, 9.17) is 14.5 Å². The predicted molar refractivity (Wildman–Crippen MR) is 121 cm³/mol. The summed E-state index contributed by atoms with van der Waals surface area (Å²) >= 11 is 0. The van der Waals surface area contributed by atoms with Crippen molar-refractivity contribution in [2.24, 2.45) is 4.99 Å². The molecule has 32 heavy (non-hydrogen) atoms. The van der Waals surface area contributed by atoms with E-state index in [2.05, 4.69) is 5.32 Å². The van der Waals surface area contributed by atoms with Gasteiger partial charge >= 0.3 is 0 Å².